The Morgan fingerprint density at radius 1 is 1.12 bits per heavy atom. The number of nitrogens with one attached hydrogen (secondary N) is 1. The monoisotopic (exact) mass is 342 g/mol. The first-order chi connectivity index (χ1) is 12.2. The van der Waals surface area contributed by atoms with Gasteiger partial charge < -0.3 is 15.0 Å². The van der Waals surface area contributed by atoms with Crippen molar-refractivity contribution < 1.29 is 14.3 Å². The first-order valence-electron chi connectivity index (χ1n) is 9.45. The van der Waals surface area contributed by atoms with Gasteiger partial charge in [-0.25, -0.2) is 0 Å². The van der Waals surface area contributed by atoms with Gasteiger partial charge >= 0.3 is 0 Å². The lowest BCUT2D eigenvalue weighted by Gasteiger charge is -2.34. The Hall–Kier alpha value is -2.04. The molecule has 0 spiro atoms. The molecule has 0 bridgehead atoms. The van der Waals surface area contributed by atoms with Crippen molar-refractivity contribution in [2.45, 2.75) is 63.1 Å². The molecule has 0 radical (unpaired) electrons. The van der Waals surface area contributed by atoms with Crippen LogP contribution in [0.2, 0.25) is 0 Å². The summed E-state index contributed by atoms with van der Waals surface area (Å²) in [7, 11) is 1.58. The second kappa shape index (κ2) is 6.70. The van der Waals surface area contributed by atoms with E-state index >= 15 is 0 Å². The first kappa shape index (κ1) is 16.4. The molecule has 1 aromatic carbocycles. The predicted molar refractivity (Wildman–Crippen MR) is 94.5 cm³/mol. The molecule has 0 aromatic heterocycles. The summed E-state index contributed by atoms with van der Waals surface area (Å²) in [6.45, 7) is 0. The Kier molecular flexibility index (Phi) is 4.40. The van der Waals surface area contributed by atoms with Gasteiger partial charge in [-0.05, 0) is 50.2 Å². The normalized spacial score (nSPS) is 28.4. The number of fused-ring (bicyclic) bond motifs is 1. The van der Waals surface area contributed by atoms with Crippen LogP contribution in [0.15, 0.2) is 24.3 Å². The highest BCUT2D eigenvalue weighted by atomic mass is 16.5. The van der Waals surface area contributed by atoms with Gasteiger partial charge in [0.15, 0.2) is 0 Å². The molecule has 1 heterocycles. The molecule has 2 saturated carbocycles. The molecule has 3 fully saturated rings. The third-order valence-corrected chi connectivity index (χ3v) is 5.89. The number of carbonyl (C=O) groups excluding carboxylic acids is 2. The third kappa shape index (κ3) is 3.12. The SMILES string of the molecule is COc1ccccc1C(=O)N1[C@H](C(=O)NC2CC2)C[C@H]2CCCC[C@@H]21. The summed E-state index contributed by atoms with van der Waals surface area (Å²) in [5.41, 5.74) is 0.556. The number of benzene rings is 1. The number of hydrogen-bond donors (Lipinski definition) is 1. The Morgan fingerprint density at radius 2 is 1.88 bits per heavy atom. The van der Waals surface area contributed by atoms with Gasteiger partial charge in [0, 0.05) is 12.1 Å². The maximum absolute atomic E-state index is 13.4. The number of carbonyl (C=O) groups is 2. The van der Waals surface area contributed by atoms with Crippen molar-refractivity contribution in [2.75, 3.05) is 7.11 Å². The average molecular weight is 342 g/mol. The van der Waals surface area contributed by atoms with Gasteiger partial charge in [-0.3, -0.25) is 9.59 Å². The number of ether oxygens (including phenoxy) is 1. The Morgan fingerprint density at radius 3 is 2.64 bits per heavy atom. The van der Waals surface area contributed by atoms with Crippen LogP contribution in [0.25, 0.3) is 0 Å². The fraction of sp³-hybridized carbons (Fsp3) is 0.600. The van der Waals surface area contributed by atoms with E-state index in [1.54, 1.807) is 19.2 Å². The standard InChI is InChI=1S/C20H26N2O3/c1-25-18-9-5-3-7-15(18)20(24)22-16-8-4-2-6-13(16)12-17(22)19(23)21-14-10-11-14/h3,5,7,9,13-14,16-17H,2,4,6,8,10-12H2,1H3,(H,21,23)/t13-,16+,17+/m1/s1. The number of rotatable bonds is 4. The Labute approximate surface area is 148 Å². The maximum Gasteiger partial charge on any atom is 0.258 e. The molecular weight excluding hydrogens is 316 g/mol. The quantitative estimate of drug-likeness (QED) is 0.915. The largest absolute Gasteiger partial charge is 0.496 e. The molecule has 2 amide bonds. The Balaban J connectivity index is 1.64. The van der Waals surface area contributed by atoms with Crippen molar-refractivity contribution in [3.63, 3.8) is 0 Å². The minimum Gasteiger partial charge on any atom is -0.496 e. The molecule has 1 N–H and O–H groups in total. The summed E-state index contributed by atoms with van der Waals surface area (Å²) in [5, 5.41) is 3.11. The van der Waals surface area contributed by atoms with Crippen LogP contribution in [-0.4, -0.2) is 41.9 Å². The molecule has 3 aliphatic rings. The van der Waals surface area contributed by atoms with E-state index in [1.807, 2.05) is 17.0 Å². The number of hydrogen-bond acceptors (Lipinski definition) is 3. The molecule has 2 aliphatic carbocycles. The van der Waals surface area contributed by atoms with Crippen LogP contribution in [0.4, 0.5) is 0 Å². The zero-order valence-electron chi connectivity index (χ0n) is 14.7. The zero-order chi connectivity index (χ0) is 17.4. The van der Waals surface area contributed by atoms with Gasteiger partial charge in [0.25, 0.3) is 5.91 Å². The van der Waals surface area contributed by atoms with Gasteiger partial charge in [0.2, 0.25) is 5.91 Å². The fourth-order valence-electron chi connectivity index (χ4n) is 4.47. The number of nitrogens with zero attached hydrogens (tertiary/aromatic N) is 1. The second-order valence-corrected chi connectivity index (χ2v) is 7.56. The van der Waals surface area contributed by atoms with Gasteiger partial charge in [-0.2, -0.15) is 0 Å². The molecule has 5 heteroatoms. The number of methoxy groups -OCH3 is 1. The van der Waals surface area contributed by atoms with Gasteiger partial charge in [0.1, 0.15) is 11.8 Å². The van der Waals surface area contributed by atoms with Crippen molar-refractivity contribution in [3.05, 3.63) is 29.8 Å². The number of para-hydroxylation sites is 1. The van der Waals surface area contributed by atoms with E-state index in [2.05, 4.69) is 5.32 Å². The van der Waals surface area contributed by atoms with Crippen LogP contribution >= 0.6 is 0 Å². The third-order valence-electron chi connectivity index (χ3n) is 5.89. The highest BCUT2D eigenvalue weighted by molar-refractivity contribution is 6.00. The first-order valence-corrected chi connectivity index (χ1v) is 9.45. The minimum atomic E-state index is -0.342. The molecule has 0 unspecified atom stereocenters. The summed E-state index contributed by atoms with van der Waals surface area (Å²) >= 11 is 0. The van der Waals surface area contributed by atoms with E-state index in [4.69, 9.17) is 4.74 Å². The number of likely N-dealkylation sites (tertiary alicyclic amines) is 1. The van der Waals surface area contributed by atoms with Gasteiger partial charge in [-0.1, -0.05) is 25.0 Å². The van der Waals surface area contributed by atoms with E-state index in [0.717, 1.165) is 38.5 Å². The lowest BCUT2D eigenvalue weighted by molar-refractivity contribution is -0.125. The van der Waals surface area contributed by atoms with Gasteiger partial charge in [-0.15, -0.1) is 0 Å². The summed E-state index contributed by atoms with van der Waals surface area (Å²) in [5.74, 6) is 0.985. The highest BCUT2D eigenvalue weighted by Crippen LogP contribution is 2.41. The molecule has 3 atom stereocenters. The zero-order valence-corrected chi connectivity index (χ0v) is 14.7. The van der Waals surface area contributed by atoms with E-state index in [-0.39, 0.29) is 23.9 Å². The smallest absolute Gasteiger partial charge is 0.258 e. The summed E-state index contributed by atoms with van der Waals surface area (Å²) < 4.78 is 5.38. The molecule has 1 saturated heterocycles. The van der Waals surface area contributed by atoms with Crippen LogP contribution < -0.4 is 10.1 Å². The lowest BCUT2D eigenvalue weighted by atomic mass is 9.84. The van der Waals surface area contributed by atoms with Crippen LogP contribution in [0.5, 0.6) is 5.75 Å². The molecule has 1 aromatic rings. The summed E-state index contributed by atoms with van der Waals surface area (Å²) in [6, 6.07) is 7.48. The van der Waals surface area contributed by atoms with Crippen molar-refractivity contribution in [2.24, 2.45) is 5.92 Å². The van der Waals surface area contributed by atoms with E-state index in [0.29, 0.717) is 23.3 Å². The predicted octanol–water partition coefficient (Wildman–Crippen LogP) is 2.75. The van der Waals surface area contributed by atoms with E-state index < -0.39 is 0 Å². The maximum atomic E-state index is 13.4. The van der Waals surface area contributed by atoms with Crippen molar-refractivity contribution >= 4 is 11.8 Å². The van der Waals surface area contributed by atoms with E-state index in [9.17, 15) is 9.59 Å². The van der Waals surface area contributed by atoms with Crippen LogP contribution in [-0.2, 0) is 4.79 Å². The lowest BCUT2D eigenvalue weighted by Crippen LogP contribution is -2.50. The molecular formula is C20H26N2O3. The fourth-order valence-corrected chi connectivity index (χ4v) is 4.47. The molecule has 4 rings (SSSR count). The van der Waals surface area contributed by atoms with Crippen LogP contribution in [0, 0.1) is 5.92 Å². The minimum absolute atomic E-state index is 0.0279. The van der Waals surface area contributed by atoms with E-state index in [1.165, 1.54) is 6.42 Å². The second-order valence-electron chi connectivity index (χ2n) is 7.56. The number of amides is 2. The molecule has 134 valence electrons. The highest BCUT2D eigenvalue weighted by Gasteiger charge is 2.48. The van der Waals surface area contributed by atoms with Crippen molar-refractivity contribution in [1.29, 1.82) is 0 Å². The van der Waals surface area contributed by atoms with Crippen LogP contribution in [0.1, 0.15) is 55.3 Å². The Bertz CT molecular complexity index is 671. The molecule has 5 nitrogen and oxygen atoms in total. The molecule has 1 aliphatic heterocycles. The average Bonchev–Trinajstić information content (AvgIpc) is 3.37. The topological polar surface area (TPSA) is 58.6 Å². The summed E-state index contributed by atoms with van der Waals surface area (Å²) in [6.07, 6.45) is 7.37. The molecule has 25 heavy (non-hydrogen) atoms. The van der Waals surface area contributed by atoms with Crippen LogP contribution in [0.3, 0.4) is 0 Å². The van der Waals surface area contributed by atoms with Crippen molar-refractivity contribution in [1.82, 2.24) is 10.2 Å². The summed E-state index contributed by atoms with van der Waals surface area (Å²) in [4.78, 5) is 28.0. The van der Waals surface area contributed by atoms with Crippen molar-refractivity contribution in [3.8, 4) is 5.75 Å². The van der Waals surface area contributed by atoms with Gasteiger partial charge in [0.05, 0.1) is 12.7 Å².